The van der Waals surface area contributed by atoms with Crippen molar-refractivity contribution >= 4 is 21.9 Å². The molecule has 0 fully saturated rings. The van der Waals surface area contributed by atoms with Gasteiger partial charge in [-0.05, 0) is 50.3 Å². The van der Waals surface area contributed by atoms with Gasteiger partial charge >= 0.3 is 0 Å². The van der Waals surface area contributed by atoms with Crippen molar-refractivity contribution in [1.82, 2.24) is 34.6 Å². The second kappa shape index (κ2) is 8.88. The monoisotopic (exact) mass is 425 g/mol. The third-order valence-corrected chi connectivity index (χ3v) is 6.01. The van der Waals surface area contributed by atoms with Crippen molar-refractivity contribution in [3.63, 3.8) is 0 Å². The molecule has 0 atom stereocenters. The number of aryl methyl sites for hydroxylation is 1. The van der Waals surface area contributed by atoms with Gasteiger partial charge in [0.05, 0.1) is 23.6 Å². The molecule has 0 aliphatic carbocycles. The Balaban J connectivity index is 1.43. The summed E-state index contributed by atoms with van der Waals surface area (Å²) >= 11 is 0. The second-order valence-corrected chi connectivity index (χ2v) is 7.97. The first kappa shape index (κ1) is 20.3. The van der Waals surface area contributed by atoms with Gasteiger partial charge in [0.25, 0.3) is 0 Å². The third kappa shape index (κ3) is 3.99. The highest BCUT2D eigenvalue weighted by molar-refractivity contribution is 6.07. The fraction of sp³-hybridized carbons (Fsp3) is 0.280. The van der Waals surface area contributed by atoms with Crippen LogP contribution in [0.3, 0.4) is 0 Å². The number of hydrogen-bond acceptors (Lipinski definition) is 5. The van der Waals surface area contributed by atoms with Crippen molar-refractivity contribution in [2.45, 2.75) is 26.8 Å². The van der Waals surface area contributed by atoms with Crippen molar-refractivity contribution in [1.29, 1.82) is 0 Å². The molecular weight excluding hydrogens is 398 g/mol. The molecule has 0 aromatic carbocycles. The Hall–Kier alpha value is -3.58. The summed E-state index contributed by atoms with van der Waals surface area (Å²) in [5.41, 5.74) is 5.88. The summed E-state index contributed by atoms with van der Waals surface area (Å²) in [5, 5.41) is 6.76. The largest absolute Gasteiger partial charge is 0.338 e. The average Bonchev–Trinajstić information content (AvgIpc) is 3.46. The van der Waals surface area contributed by atoms with Crippen LogP contribution in [0.5, 0.6) is 0 Å². The van der Waals surface area contributed by atoms with Gasteiger partial charge in [-0.3, -0.25) is 14.6 Å². The lowest BCUT2D eigenvalue weighted by molar-refractivity contribution is 0.291. The van der Waals surface area contributed by atoms with Crippen LogP contribution in [0.4, 0.5) is 0 Å². The number of fused-ring (bicyclic) bond motifs is 3. The maximum Gasteiger partial charge on any atom is 0.138 e. The Morgan fingerprint density at radius 1 is 0.938 bits per heavy atom. The lowest BCUT2D eigenvalue weighted by Gasteiger charge is -2.17. The zero-order valence-corrected chi connectivity index (χ0v) is 18.5. The van der Waals surface area contributed by atoms with E-state index in [4.69, 9.17) is 0 Å². The molecule has 7 nitrogen and oxygen atoms in total. The van der Waals surface area contributed by atoms with Crippen LogP contribution in [0.15, 0.2) is 61.4 Å². The summed E-state index contributed by atoms with van der Waals surface area (Å²) in [5.74, 6) is 0. The zero-order chi connectivity index (χ0) is 21.9. The van der Waals surface area contributed by atoms with Crippen LogP contribution in [-0.2, 0) is 6.54 Å². The lowest BCUT2D eigenvalue weighted by atomic mass is 10.1. The van der Waals surface area contributed by atoms with Gasteiger partial charge in [-0.1, -0.05) is 13.8 Å². The number of rotatable bonds is 8. The van der Waals surface area contributed by atoms with Crippen LogP contribution >= 0.6 is 0 Å². The van der Waals surface area contributed by atoms with Gasteiger partial charge in [-0.15, -0.1) is 0 Å². The summed E-state index contributed by atoms with van der Waals surface area (Å²) in [6.07, 6.45) is 12.5. The average molecular weight is 426 g/mol. The Bertz CT molecular complexity index is 1330. The van der Waals surface area contributed by atoms with E-state index < -0.39 is 0 Å². The molecule has 0 bridgehead atoms. The van der Waals surface area contributed by atoms with Crippen LogP contribution in [0.1, 0.15) is 20.3 Å². The number of aromatic amines is 1. The normalized spacial score (nSPS) is 11.7. The fourth-order valence-corrected chi connectivity index (χ4v) is 4.14. The number of hydrogen-bond donors (Lipinski definition) is 1. The fourth-order valence-electron chi connectivity index (χ4n) is 4.14. The highest BCUT2D eigenvalue weighted by Crippen LogP contribution is 2.30. The summed E-state index contributed by atoms with van der Waals surface area (Å²) in [4.78, 5) is 19.3. The molecule has 5 rings (SSSR count). The smallest absolute Gasteiger partial charge is 0.138 e. The van der Waals surface area contributed by atoms with Crippen molar-refractivity contribution < 1.29 is 0 Å². The van der Waals surface area contributed by atoms with Crippen molar-refractivity contribution in [3.05, 3.63) is 61.4 Å². The number of nitrogens with zero attached hydrogens (tertiary/aromatic N) is 6. The lowest BCUT2D eigenvalue weighted by Crippen LogP contribution is -2.24. The molecule has 0 unspecified atom stereocenters. The Kier molecular flexibility index (Phi) is 5.64. The predicted octanol–water partition coefficient (Wildman–Crippen LogP) is 4.77. The molecular formula is C25H27N7. The summed E-state index contributed by atoms with van der Waals surface area (Å²) in [7, 11) is 0. The predicted molar refractivity (Wildman–Crippen MR) is 128 cm³/mol. The quantitative estimate of drug-likeness (QED) is 0.388. The molecule has 0 amide bonds. The Morgan fingerprint density at radius 3 is 2.66 bits per heavy atom. The van der Waals surface area contributed by atoms with Crippen LogP contribution in [0, 0.1) is 0 Å². The number of H-pyrrole nitrogens is 1. The van der Waals surface area contributed by atoms with Gasteiger partial charge in [0.1, 0.15) is 5.65 Å². The first-order valence-electron chi connectivity index (χ1n) is 11.2. The Labute approximate surface area is 187 Å². The van der Waals surface area contributed by atoms with Gasteiger partial charge in [0.2, 0.25) is 0 Å². The molecule has 0 radical (unpaired) electrons. The number of pyridine rings is 3. The molecule has 0 aliphatic rings. The van der Waals surface area contributed by atoms with E-state index in [1.165, 1.54) is 0 Å². The minimum Gasteiger partial charge on any atom is -0.338 e. The maximum absolute atomic E-state index is 4.67. The summed E-state index contributed by atoms with van der Waals surface area (Å²) < 4.78 is 2.03. The van der Waals surface area contributed by atoms with Gasteiger partial charge in [0.15, 0.2) is 0 Å². The van der Waals surface area contributed by atoms with Crippen LogP contribution < -0.4 is 0 Å². The molecule has 162 valence electrons. The van der Waals surface area contributed by atoms with Crippen molar-refractivity contribution in [2.24, 2.45) is 0 Å². The Morgan fingerprint density at radius 2 is 1.84 bits per heavy atom. The van der Waals surface area contributed by atoms with Crippen molar-refractivity contribution in [2.75, 3.05) is 19.6 Å². The van der Waals surface area contributed by atoms with E-state index in [2.05, 4.69) is 62.1 Å². The first-order chi connectivity index (χ1) is 15.7. The van der Waals surface area contributed by atoms with Gasteiger partial charge in [-0.25, -0.2) is 4.98 Å². The van der Waals surface area contributed by atoms with Crippen LogP contribution in [0.2, 0.25) is 0 Å². The molecule has 7 heteroatoms. The topological polar surface area (TPSA) is 75.5 Å². The van der Waals surface area contributed by atoms with Gasteiger partial charge < -0.3 is 9.88 Å². The van der Waals surface area contributed by atoms with E-state index in [9.17, 15) is 0 Å². The van der Waals surface area contributed by atoms with E-state index in [0.717, 1.165) is 76.9 Å². The molecule has 5 aromatic heterocycles. The van der Waals surface area contributed by atoms with Gasteiger partial charge in [0, 0.05) is 58.8 Å². The van der Waals surface area contributed by atoms with E-state index >= 15 is 0 Å². The standard InChI is InChI=1S/C25H27N7/c1-3-31(4-2)9-6-10-32-17-20(15-29-32)19-11-22-21-12-23(18-7-5-8-26-13-18)27-16-24(21)30-25(22)28-14-19/h5,7-8,11-17H,3-4,6,9-10H2,1-2H3,(H,28,30). The molecule has 0 spiro atoms. The van der Waals surface area contributed by atoms with Crippen LogP contribution in [0.25, 0.3) is 44.3 Å². The molecule has 0 saturated carbocycles. The molecule has 5 aromatic rings. The maximum atomic E-state index is 4.67. The molecule has 5 heterocycles. The molecule has 0 aliphatic heterocycles. The third-order valence-electron chi connectivity index (χ3n) is 6.01. The second-order valence-electron chi connectivity index (χ2n) is 7.97. The minimum atomic E-state index is 0.862. The molecule has 32 heavy (non-hydrogen) atoms. The zero-order valence-electron chi connectivity index (χ0n) is 18.5. The van der Waals surface area contributed by atoms with E-state index in [1.807, 2.05) is 41.6 Å². The van der Waals surface area contributed by atoms with E-state index in [-0.39, 0.29) is 0 Å². The number of aromatic nitrogens is 6. The van der Waals surface area contributed by atoms with E-state index in [1.54, 1.807) is 6.20 Å². The minimum absolute atomic E-state index is 0.862. The highest BCUT2D eigenvalue weighted by Gasteiger charge is 2.11. The SMILES string of the molecule is CCN(CC)CCCn1cc(-c2cnc3[nH]c4cnc(-c5cccnc5)cc4c3c2)cn1. The van der Waals surface area contributed by atoms with Gasteiger partial charge in [-0.2, -0.15) is 5.10 Å². The summed E-state index contributed by atoms with van der Waals surface area (Å²) in [6, 6.07) is 8.24. The number of nitrogens with one attached hydrogen (secondary N) is 1. The van der Waals surface area contributed by atoms with Crippen LogP contribution in [-0.4, -0.2) is 54.3 Å². The van der Waals surface area contributed by atoms with Crippen molar-refractivity contribution in [3.8, 4) is 22.4 Å². The first-order valence-corrected chi connectivity index (χ1v) is 11.2. The molecule has 1 N–H and O–H groups in total. The summed E-state index contributed by atoms with van der Waals surface area (Å²) in [6.45, 7) is 8.61. The molecule has 0 saturated heterocycles. The van der Waals surface area contributed by atoms with E-state index in [0.29, 0.717) is 0 Å². The highest BCUT2D eigenvalue weighted by atomic mass is 15.3.